The minimum atomic E-state index is -0.0894. The molecule has 0 bridgehead atoms. The van der Waals surface area contributed by atoms with Gasteiger partial charge in [-0.05, 0) is 86.4 Å². The zero-order valence-corrected chi connectivity index (χ0v) is 20.4. The Hall–Kier alpha value is -3.02. The zero-order chi connectivity index (χ0) is 23.7. The number of urea groups is 1. The molecule has 0 aliphatic carbocycles. The SMILES string of the molecule is COc1ccc(NC(=O)N2CC3(CCN(Cc4cccc(Cl)c4)CC3)c3cc(C)ccc32)cc1. The van der Waals surface area contributed by atoms with Gasteiger partial charge in [-0.25, -0.2) is 4.79 Å². The molecule has 3 aromatic carbocycles. The number of methoxy groups -OCH3 is 1. The second kappa shape index (κ2) is 9.32. The summed E-state index contributed by atoms with van der Waals surface area (Å²) in [6, 6.07) is 21.9. The van der Waals surface area contributed by atoms with Gasteiger partial charge in [0, 0.05) is 34.9 Å². The fraction of sp³-hybridized carbons (Fsp3) is 0.321. The average Bonchev–Trinajstić information content (AvgIpc) is 3.14. The number of halogens is 1. The molecule has 1 fully saturated rings. The van der Waals surface area contributed by atoms with Crippen molar-refractivity contribution < 1.29 is 9.53 Å². The molecule has 0 saturated carbocycles. The molecule has 6 heteroatoms. The third kappa shape index (κ3) is 4.50. The highest BCUT2D eigenvalue weighted by atomic mass is 35.5. The Kier molecular flexibility index (Phi) is 6.24. The van der Waals surface area contributed by atoms with Crippen LogP contribution in [-0.2, 0) is 12.0 Å². The van der Waals surface area contributed by atoms with Gasteiger partial charge in [-0.2, -0.15) is 0 Å². The van der Waals surface area contributed by atoms with E-state index in [9.17, 15) is 4.79 Å². The summed E-state index contributed by atoms with van der Waals surface area (Å²) in [7, 11) is 1.64. The summed E-state index contributed by atoms with van der Waals surface area (Å²) < 4.78 is 5.23. The number of carbonyl (C=O) groups excluding carboxylic acids is 1. The molecular formula is C28H30ClN3O2. The predicted octanol–water partition coefficient (Wildman–Crippen LogP) is 6.24. The van der Waals surface area contributed by atoms with E-state index in [1.165, 1.54) is 16.7 Å². The Morgan fingerprint density at radius 2 is 1.82 bits per heavy atom. The fourth-order valence-corrected chi connectivity index (χ4v) is 5.50. The van der Waals surface area contributed by atoms with Gasteiger partial charge in [0.25, 0.3) is 0 Å². The van der Waals surface area contributed by atoms with Crippen LogP contribution in [0.1, 0.15) is 29.5 Å². The third-order valence-corrected chi connectivity index (χ3v) is 7.40. The van der Waals surface area contributed by atoms with E-state index < -0.39 is 0 Å². The maximum absolute atomic E-state index is 13.3. The van der Waals surface area contributed by atoms with Crippen LogP contribution in [0.3, 0.4) is 0 Å². The molecule has 5 nitrogen and oxygen atoms in total. The first-order chi connectivity index (χ1) is 16.5. The number of benzene rings is 3. The van der Waals surface area contributed by atoms with E-state index in [4.69, 9.17) is 16.3 Å². The molecule has 2 aliphatic rings. The van der Waals surface area contributed by atoms with E-state index in [1.54, 1.807) is 7.11 Å². The summed E-state index contributed by atoms with van der Waals surface area (Å²) in [5.41, 5.74) is 5.56. The molecule has 2 aliphatic heterocycles. The van der Waals surface area contributed by atoms with Crippen LogP contribution in [0.15, 0.2) is 66.7 Å². The highest BCUT2D eigenvalue weighted by Crippen LogP contribution is 2.47. The molecule has 2 heterocycles. The van der Waals surface area contributed by atoms with Crippen molar-refractivity contribution in [3.05, 3.63) is 88.4 Å². The Labute approximate surface area is 206 Å². The van der Waals surface area contributed by atoms with Crippen molar-refractivity contribution in [1.82, 2.24) is 4.90 Å². The number of carbonyl (C=O) groups is 1. The van der Waals surface area contributed by atoms with Crippen LogP contribution >= 0.6 is 11.6 Å². The smallest absolute Gasteiger partial charge is 0.326 e. The number of amides is 2. The van der Waals surface area contributed by atoms with Gasteiger partial charge in [-0.3, -0.25) is 9.80 Å². The van der Waals surface area contributed by atoms with Gasteiger partial charge < -0.3 is 10.1 Å². The van der Waals surface area contributed by atoms with E-state index in [2.05, 4.69) is 41.4 Å². The monoisotopic (exact) mass is 475 g/mol. The quantitative estimate of drug-likeness (QED) is 0.485. The maximum Gasteiger partial charge on any atom is 0.326 e. The zero-order valence-electron chi connectivity index (χ0n) is 19.7. The molecule has 0 unspecified atom stereocenters. The van der Waals surface area contributed by atoms with Gasteiger partial charge >= 0.3 is 6.03 Å². The lowest BCUT2D eigenvalue weighted by molar-refractivity contribution is 0.160. The number of aryl methyl sites for hydroxylation is 1. The summed E-state index contributed by atoms with van der Waals surface area (Å²) in [5, 5.41) is 3.85. The standard InChI is InChI=1S/C28H30ClN3O2/c1-20-6-11-26-25(16-20)28(12-14-31(15-13-28)18-21-4-3-5-22(29)17-21)19-32(26)27(33)30-23-7-9-24(34-2)10-8-23/h3-11,16-17H,12-15,18-19H2,1-2H3,(H,30,33). The summed E-state index contributed by atoms with van der Waals surface area (Å²) in [5.74, 6) is 0.767. The molecule has 34 heavy (non-hydrogen) atoms. The van der Waals surface area contributed by atoms with Crippen LogP contribution in [0.25, 0.3) is 0 Å². The second-order valence-corrected chi connectivity index (χ2v) is 9.89. The second-order valence-electron chi connectivity index (χ2n) is 9.45. The van der Waals surface area contributed by atoms with Gasteiger partial charge in [0.05, 0.1) is 7.11 Å². The predicted molar refractivity (Wildman–Crippen MR) is 138 cm³/mol. The van der Waals surface area contributed by atoms with Crippen LogP contribution in [0.5, 0.6) is 5.75 Å². The van der Waals surface area contributed by atoms with Crippen LogP contribution < -0.4 is 15.0 Å². The molecule has 2 amide bonds. The van der Waals surface area contributed by atoms with Crippen molar-refractivity contribution >= 4 is 29.0 Å². The molecule has 1 N–H and O–H groups in total. The summed E-state index contributed by atoms with van der Waals surface area (Å²) in [6.45, 7) is 5.72. The molecule has 1 saturated heterocycles. The van der Waals surface area contributed by atoms with E-state index in [-0.39, 0.29) is 11.4 Å². The van der Waals surface area contributed by atoms with E-state index in [0.29, 0.717) is 6.54 Å². The Morgan fingerprint density at radius 1 is 1.06 bits per heavy atom. The van der Waals surface area contributed by atoms with Crippen LogP contribution in [0.4, 0.5) is 16.2 Å². The summed E-state index contributed by atoms with van der Waals surface area (Å²) in [4.78, 5) is 17.8. The molecule has 176 valence electrons. The first-order valence-electron chi connectivity index (χ1n) is 11.8. The summed E-state index contributed by atoms with van der Waals surface area (Å²) in [6.07, 6.45) is 2.05. The number of piperidine rings is 1. The minimum absolute atomic E-state index is 0.0105. The average molecular weight is 476 g/mol. The number of nitrogens with one attached hydrogen (secondary N) is 1. The van der Waals surface area contributed by atoms with Gasteiger partial charge in [0.1, 0.15) is 5.75 Å². The van der Waals surface area contributed by atoms with Gasteiger partial charge in [0.2, 0.25) is 0 Å². The number of hydrogen-bond donors (Lipinski definition) is 1. The summed E-state index contributed by atoms with van der Waals surface area (Å²) >= 11 is 6.18. The van der Waals surface area contributed by atoms with Crippen molar-refractivity contribution in [2.45, 2.75) is 31.7 Å². The number of nitrogens with zero attached hydrogens (tertiary/aromatic N) is 2. The topological polar surface area (TPSA) is 44.8 Å². The molecule has 0 aromatic heterocycles. The van der Waals surface area contributed by atoms with E-state index in [0.717, 1.165) is 54.6 Å². The maximum atomic E-state index is 13.3. The molecular weight excluding hydrogens is 446 g/mol. The van der Waals surface area contributed by atoms with Crippen molar-refractivity contribution in [3.63, 3.8) is 0 Å². The Balaban J connectivity index is 1.33. The first kappa shape index (κ1) is 22.8. The Bertz CT molecular complexity index is 1190. The largest absolute Gasteiger partial charge is 0.497 e. The highest BCUT2D eigenvalue weighted by Gasteiger charge is 2.46. The normalized spacial score (nSPS) is 17.0. The van der Waals surface area contributed by atoms with Crippen LogP contribution in [0.2, 0.25) is 5.02 Å². The van der Waals surface area contributed by atoms with Crippen molar-refractivity contribution in [1.29, 1.82) is 0 Å². The van der Waals surface area contributed by atoms with Gasteiger partial charge in [-0.15, -0.1) is 0 Å². The number of anilines is 2. The third-order valence-electron chi connectivity index (χ3n) is 7.17. The lowest BCUT2D eigenvalue weighted by Gasteiger charge is -2.40. The molecule has 5 rings (SSSR count). The molecule has 1 spiro atoms. The van der Waals surface area contributed by atoms with E-state index >= 15 is 0 Å². The first-order valence-corrected chi connectivity index (χ1v) is 12.1. The van der Waals surface area contributed by atoms with Crippen molar-refractivity contribution in [3.8, 4) is 5.75 Å². The molecule has 0 atom stereocenters. The van der Waals surface area contributed by atoms with Crippen LogP contribution in [-0.4, -0.2) is 37.7 Å². The lowest BCUT2D eigenvalue weighted by atomic mass is 9.74. The fourth-order valence-electron chi connectivity index (χ4n) is 5.29. The molecule has 0 radical (unpaired) electrons. The van der Waals surface area contributed by atoms with Gasteiger partial charge in [-0.1, -0.05) is 41.4 Å². The number of rotatable bonds is 4. The Morgan fingerprint density at radius 3 is 2.53 bits per heavy atom. The number of ether oxygens (including phenoxy) is 1. The minimum Gasteiger partial charge on any atom is -0.497 e. The van der Waals surface area contributed by atoms with E-state index in [1.807, 2.05) is 47.4 Å². The van der Waals surface area contributed by atoms with Crippen molar-refractivity contribution in [2.75, 3.05) is 37.0 Å². The molecule has 3 aromatic rings. The van der Waals surface area contributed by atoms with Gasteiger partial charge in [0.15, 0.2) is 0 Å². The lowest BCUT2D eigenvalue weighted by Crippen LogP contribution is -2.46. The number of fused-ring (bicyclic) bond motifs is 2. The van der Waals surface area contributed by atoms with Crippen LogP contribution in [0, 0.1) is 6.92 Å². The van der Waals surface area contributed by atoms with Crippen molar-refractivity contribution in [2.24, 2.45) is 0 Å². The number of likely N-dealkylation sites (tertiary alicyclic amines) is 1. The number of hydrogen-bond acceptors (Lipinski definition) is 3. The highest BCUT2D eigenvalue weighted by molar-refractivity contribution is 6.30.